The highest BCUT2D eigenvalue weighted by Crippen LogP contribution is 2.33. The summed E-state index contributed by atoms with van der Waals surface area (Å²) in [6.45, 7) is 1.88. The molecule has 1 saturated carbocycles. The van der Waals surface area contributed by atoms with Crippen molar-refractivity contribution in [2.24, 2.45) is 11.1 Å². The number of aromatic nitrogens is 2. The number of hydrogen-bond acceptors (Lipinski definition) is 7. The summed E-state index contributed by atoms with van der Waals surface area (Å²) in [7, 11) is 1.38. The molecule has 1 fully saturated rings. The van der Waals surface area contributed by atoms with Crippen LogP contribution in [0, 0.1) is 18.7 Å². The number of hydrogen-bond donors (Lipinski definition) is 3. The maximum atomic E-state index is 13.6. The van der Waals surface area contributed by atoms with E-state index < -0.39 is 11.9 Å². The van der Waals surface area contributed by atoms with Gasteiger partial charge in [-0.05, 0) is 62.3 Å². The summed E-state index contributed by atoms with van der Waals surface area (Å²) in [4.78, 5) is 38.0. The van der Waals surface area contributed by atoms with Crippen LogP contribution >= 0.6 is 0 Å². The van der Waals surface area contributed by atoms with E-state index in [2.05, 4.69) is 25.8 Å². The number of halogens is 1. The molecule has 186 valence electrons. The maximum Gasteiger partial charge on any atom is 0.404 e. The minimum atomic E-state index is -0.993. The zero-order valence-electron chi connectivity index (χ0n) is 19.6. The SMILES string of the molecule is COc1cc(CNC(=O)c2cc(C3=NOC([C@H]4CC[C@H](NC(=O)O)CC4)C3)nc(C)n2)ccc1F. The second-order valence-corrected chi connectivity index (χ2v) is 8.78. The topological polar surface area (TPSA) is 135 Å². The summed E-state index contributed by atoms with van der Waals surface area (Å²) in [5.41, 5.74) is 2.08. The molecule has 0 bridgehead atoms. The van der Waals surface area contributed by atoms with E-state index in [1.165, 1.54) is 19.2 Å². The highest BCUT2D eigenvalue weighted by Gasteiger charge is 2.34. The second-order valence-electron chi connectivity index (χ2n) is 8.78. The van der Waals surface area contributed by atoms with E-state index in [0.717, 1.165) is 25.7 Å². The minimum Gasteiger partial charge on any atom is -0.494 e. The van der Waals surface area contributed by atoms with Crippen LogP contribution in [0.4, 0.5) is 9.18 Å². The van der Waals surface area contributed by atoms with Gasteiger partial charge in [-0.2, -0.15) is 0 Å². The van der Waals surface area contributed by atoms with Crippen molar-refractivity contribution in [2.75, 3.05) is 7.11 Å². The van der Waals surface area contributed by atoms with Crippen molar-refractivity contribution in [1.82, 2.24) is 20.6 Å². The molecule has 0 saturated heterocycles. The summed E-state index contributed by atoms with van der Waals surface area (Å²) in [5.74, 6) is -0.0387. The molecular weight excluding hydrogens is 457 g/mol. The highest BCUT2D eigenvalue weighted by molar-refractivity contribution is 6.01. The molecule has 0 radical (unpaired) electrons. The van der Waals surface area contributed by atoms with Crippen molar-refractivity contribution in [3.63, 3.8) is 0 Å². The summed E-state index contributed by atoms with van der Waals surface area (Å²) >= 11 is 0. The molecule has 1 aromatic heterocycles. The number of carbonyl (C=O) groups excluding carboxylic acids is 1. The third-order valence-corrected chi connectivity index (χ3v) is 6.35. The number of methoxy groups -OCH3 is 1. The third kappa shape index (κ3) is 6.03. The highest BCUT2D eigenvalue weighted by atomic mass is 19.1. The van der Waals surface area contributed by atoms with Crippen molar-refractivity contribution in [1.29, 1.82) is 0 Å². The van der Waals surface area contributed by atoms with Crippen LogP contribution in [0.2, 0.25) is 0 Å². The van der Waals surface area contributed by atoms with E-state index in [0.29, 0.717) is 29.2 Å². The van der Waals surface area contributed by atoms with E-state index in [-0.39, 0.29) is 42.0 Å². The van der Waals surface area contributed by atoms with Crippen molar-refractivity contribution < 1.29 is 28.7 Å². The maximum absolute atomic E-state index is 13.6. The molecule has 4 rings (SSSR count). The first-order valence-electron chi connectivity index (χ1n) is 11.5. The first-order valence-corrected chi connectivity index (χ1v) is 11.5. The molecule has 2 aromatic rings. The number of carboxylic acid groups (broad SMARTS) is 1. The van der Waals surface area contributed by atoms with E-state index in [9.17, 15) is 14.0 Å². The van der Waals surface area contributed by atoms with Crippen molar-refractivity contribution in [2.45, 2.75) is 57.7 Å². The fourth-order valence-electron chi connectivity index (χ4n) is 4.53. The van der Waals surface area contributed by atoms with Crippen LogP contribution in [-0.4, -0.2) is 52.0 Å². The van der Waals surface area contributed by atoms with Gasteiger partial charge in [0.05, 0.1) is 12.8 Å². The smallest absolute Gasteiger partial charge is 0.404 e. The van der Waals surface area contributed by atoms with Crippen LogP contribution < -0.4 is 15.4 Å². The predicted molar refractivity (Wildman–Crippen MR) is 124 cm³/mol. The summed E-state index contributed by atoms with van der Waals surface area (Å²) < 4.78 is 18.6. The van der Waals surface area contributed by atoms with Crippen LogP contribution in [0.3, 0.4) is 0 Å². The Labute approximate surface area is 201 Å². The molecule has 2 aliphatic rings. The Balaban J connectivity index is 1.36. The molecular formula is C24H28FN5O5. The molecule has 3 N–H and O–H groups in total. The van der Waals surface area contributed by atoms with Crippen LogP contribution in [-0.2, 0) is 11.4 Å². The normalized spacial score (nSPS) is 21.6. The number of amides is 2. The fourth-order valence-corrected chi connectivity index (χ4v) is 4.53. The monoisotopic (exact) mass is 485 g/mol. The molecule has 2 amide bonds. The molecule has 1 atom stereocenters. The lowest BCUT2D eigenvalue weighted by Crippen LogP contribution is -2.38. The van der Waals surface area contributed by atoms with Crippen molar-refractivity contribution in [3.05, 3.63) is 52.9 Å². The van der Waals surface area contributed by atoms with E-state index in [1.54, 1.807) is 19.1 Å². The van der Waals surface area contributed by atoms with Crippen LogP contribution in [0.5, 0.6) is 5.75 Å². The molecule has 11 heteroatoms. The lowest BCUT2D eigenvalue weighted by atomic mass is 9.81. The van der Waals surface area contributed by atoms with Gasteiger partial charge < -0.3 is 25.3 Å². The van der Waals surface area contributed by atoms with Gasteiger partial charge in [-0.15, -0.1) is 0 Å². The molecule has 1 unspecified atom stereocenters. The number of aryl methyl sites for hydroxylation is 1. The van der Waals surface area contributed by atoms with Gasteiger partial charge in [-0.1, -0.05) is 11.2 Å². The Morgan fingerprint density at radius 1 is 1.20 bits per heavy atom. The number of carbonyl (C=O) groups is 2. The summed E-state index contributed by atoms with van der Waals surface area (Å²) in [5, 5.41) is 18.5. The van der Waals surface area contributed by atoms with Gasteiger partial charge in [0.15, 0.2) is 11.6 Å². The minimum absolute atomic E-state index is 0.0212. The number of nitrogens with zero attached hydrogens (tertiary/aromatic N) is 3. The van der Waals surface area contributed by atoms with Gasteiger partial charge in [0.2, 0.25) is 0 Å². The summed E-state index contributed by atoms with van der Waals surface area (Å²) in [6, 6.07) is 5.96. The quantitative estimate of drug-likeness (QED) is 0.548. The van der Waals surface area contributed by atoms with Gasteiger partial charge in [-0.25, -0.2) is 19.2 Å². The third-order valence-electron chi connectivity index (χ3n) is 6.35. The molecule has 2 heterocycles. The number of nitrogens with one attached hydrogen (secondary N) is 2. The van der Waals surface area contributed by atoms with Gasteiger partial charge in [0, 0.05) is 19.0 Å². The van der Waals surface area contributed by atoms with Gasteiger partial charge in [0.1, 0.15) is 23.3 Å². The molecule has 10 nitrogen and oxygen atoms in total. The Bertz CT molecular complexity index is 1130. The van der Waals surface area contributed by atoms with Crippen molar-refractivity contribution >= 4 is 17.7 Å². The van der Waals surface area contributed by atoms with E-state index in [4.69, 9.17) is 14.7 Å². The lowest BCUT2D eigenvalue weighted by Gasteiger charge is -2.30. The predicted octanol–water partition coefficient (Wildman–Crippen LogP) is 3.18. The van der Waals surface area contributed by atoms with Crippen LogP contribution in [0.1, 0.15) is 59.7 Å². The van der Waals surface area contributed by atoms with Gasteiger partial charge in [-0.3, -0.25) is 4.79 Å². The number of ether oxygens (including phenoxy) is 1. The number of oxime groups is 1. The zero-order valence-corrected chi connectivity index (χ0v) is 19.6. The first kappa shape index (κ1) is 24.4. The fraction of sp³-hybridized carbons (Fsp3) is 0.458. The van der Waals surface area contributed by atoms with Crippen molar-refractivity contribution in [3.8, 4) is 5.75 Å². The van der Waals surface area contributed by atoms with Crippen LogP contribution in [0.15, 0.2) is 29.4 Å². The molecule has 0 spiro atoms. The Morgan fingerprint density at radius 2 is 1.97 bits per heavy atom. The Kier molecular flexibility index (Phi) is 7.42. The standard InChI is InChI=1S/C24H28FN5O5/c1-13-27-18(19-11-21(35-30-19)15-4-6-16(7-5-15)29-24(32)33)10-20(28-13)23(31)26-12-14-3-8-17(25)22(9-14)34-2/h3,8-10,15-16,21,29H,4-7,11-12H2,1-2H3,(H,26,31)(H,32,33)/t15-,16-,21?. The largest absolute Gasteiger partial charge is 0.494 e. The number of rotatable bonds is 7. The molecule has 35 heavy (non-hydrogen) atoms. The molecule has 1 aromatic carbocycles. The average molecular weight is 486 g/mol. The van der Waals surface area contributed by atoms with Crippen LogP contribution in [0.25, 0.3) is 0 Å². The Morgan fingerprint density at radius 3 is 2.69 bits per heavy atom. The summed E-state index contributed by atoms with van der Waals surface area (Å²) in [6.07, 6.45) is 2.71. The van der Waals surface area contributed by atoms with E-state index >= 15 is 0 Å². The van der Waals surface area contributed by atoms with Gasteiger partial charge in [0.25, 0.3) is 5.91 Å². The lowest BCUT2D eigenvalue weighted by molar-refractivity contribution is 0.0235. The second kappa shape index (κ2) is 10.7. The number of benzene rings is 1. The van der Waals surface area contributed by atoms with E-state index in [1.807, 2.05) is 0 Å². The molecule has 1 aliphatic carbocycles. The average Bonchev–Trinajstić information content (AvgIpc) is 3.33. The Hall–Kier alpha value is -3.76. The zero-order chi connectivity index (χ0) is 24.9. The first-order chi connectivity index (χ1) is 16.8. The molecule has 1 aliphatic heterocycles. The van der Waals surface area contributed by atoms with Gasteiger partial charge >= 0.3 is 6.09 Å².